The van der Waals surface area contributed by atoms with Crippen molar-refractivity contribution in [3.05, 3.63) is 35.9 Å². The molecule has 34 heavy (non-hydrogen) atoms. The van der Waals surface area contributed by atoms with Gasteiger partial charge in [0, 0.05) is 25.2 Å². The molecule has 0 spiro atoms. The standard InChI is InChI=1S/C23H28F2N8O/c1-13(2)33-12-27-20-21(26-11-17-28-16-7-6-15(24)18(25)19(16)29-17)30-23(31-22(20)33)32-9-4-3-5-14(32)8-10-34/h6-7,12-14,34H,3-5,8-11H2,1-2H3,(H,28,29)(H,26,30,31)/t14-/m0/s1. The third-order valence-electron chi connectivity index (χ3n) is 6.33. The van der Waals surface area contributed by atoms with E-state index in [0.717, 1.165) is 31.9 Å². The normalized spacial score (nSPS) is 16.8. The Morgan fingerprint density at radius 3 is 2.82 bits per heavy atom. The smallest absolute Gasteiger partial charge is 0.229 e. The van der Waals surface area contributed by atoms with E-state index in [9.17, 15) is 13.9 Å². The number of aromatic amines is 1. The van der Waals surface area contributed by atoms with Gasteiger partial charge in [-0.15, -0.1) is 0 Å². The molecule has 4 aromatic rings. The molecule has 3 aromatic heterocycles. The number of aliphatic hydroxyl groups excluding tert-OH is 1. The van der Waals surface area contributed by atoms with Crippen LogP contribution < -0.4 is 10.2 Å². The lowest BCUT2D eigenvalue weighted by atomic mass is 10.0. The van der Waals surface area contributed by atoms with Gasteiger partial charge in [-0.2, -0.15) is 9.97 Å². The molecule has 9 nitrogen and oxygen atoms in total. The zero-order valence-electron chi connectivity index (χ0n) is 19.2. The number of piperidine rings is 1. The highest BCUT2D eigenvalue weighted by Crippen LogP contribution is 2.29. The lowest BCUT2D eigenvalue weighted by Gasteiger charge is -2.35. The SMILES string of the molecule is CC(C)n1cnc2c(NCc3nc4c(F)c(F)ccc4[nH]3)nc(N3CCCC[C@H]3CCO)nc21. The van der Waals surface area contributed by atoms with E-state index in [1.807, 2.05) is 4.57 Å². The van der Waals surface area contributed by atoms with Gasteiger partial charge in [0.1, 0.15) is 11.3 Å². The van der Waals surface area contributed by atoms with E-state index in [-0.39, 0.29) is 30.8 Å². The monoisotopic (exact) mass is 470 g/mol. The van der Waals surface area contributed by atoms with Gasteiger partial charge in [-0.25, -0.2) is 18.7 Å². The number of rotatable bonds is 7. The van der Waals surface area contributed by atoms with Gasteiger partial charge in [-0.1, -0.05) is 0 Å². The van der Waals surface area contributed by atoms with Gasteiger partial charge in [-0.05, 0) is 51.7 Å². The Morgan fingerprint density at radius 1 is 1.18 bits per heavy atom. The summed E-state index contributed by atoms with van der Waals surface area (Å²) >= 11 is 0. The summed E-state index contributed by atoms with van der Waals surface area (Å²) in [5.74, 6) is -0.318. The maximum absolute atomic E-state index is 14.1. The highest BCUT2D eigenvalue weighted by molar-refractivity contribution is 5.84. The molecule has 1 fully saturated rings. The molecule has 4 heterocycles. The van der Waals surface area contributed by atoms with Crippen molar-refractivity contribution in [2.45, 2.75) is 58.2 Å². The number of halogens is 2. The van der Waals surface area contributed by atoms with Crippen LogP contribution in [0.1, 0.15) is 51.4 Å². The van der Waals surface area contributed by atoms with Crippen molar-refractivity contribution in [3.8, 4) is 0 Å². The number of fused-ring (bicyclic) bond motifs is 2. The Morgan fingerprint density at radius 2 is 2.03 bits per heavy atom. The quantitative estimate of drug-likeness (QED) is 0.376. The lowest BCUT2D eigenvalue weighted by molar-refractivity contribution is 0.262. The van der Waals surface area contributed by atoms with Crippen molar-refractivity contribution >= 4 is 34.0 Å². The van der Waals surface area contributed by atoms with Crippen LogP contribution in [-0.2, 0) is 6.54 Å². The van der Waals surface area contributed by atoms with Gasteiger partial charge >= 0.3 is 0 Å². The van der Waals surface area contributed by atoms with Gasteiger partial charge in [0.2, 0.25) is 5.95 Å². The van der Waals surface area contributed by atoms with Crippen molar-refractivity contribution in [1.29, 1.82) is 0 Å². The minimum atomic E-state index is -0.970. The molecule has 0 unspecified atom stereocenters. The summed E-state index contributed by atoms with van der Waals surface area (Å²) in [7, 11) is 0. The number of nitrogens with zero attached hydrogens (tertiary/aromatic N) is 6. The first kappa shape index (κ1) is 22.5. The summed E-state index contributed by atoms with van der Waals surface area (Å²) < 4.78 is 29.6. The molecule has 0 amide bonds. The van der Waals surface area contributed by atoms with Crippen LogP contribution in [0, 0.1) is 11.6 Å². The molecule has 1 aliphatic heterocycles. The third kappa shape index (κ3) is 4.04. The van der Waals surface area contributed by atoms with Crippen LogP contribution >= 0.6 is 0 Å². The number of imidazole rings is 2. The van der Waals surface area contributed by atoms with Crippen LogP contribution in [0.4, 0.5) is 20.5 Å². The first-order valence-corrected chi connectivity index (χ1v) is 11.6. The van der Waals surface area contributed by atoms with Crippen LogP contribution in [0.5, 0.6) is 0 Å². The predicted octanol–water partition coefficient (Wildman–Crippen LogP) is 3.92. The Kier molecular flexibility index (Phi) is 6.03. The number of H-pyrrole nitrogens is 1. The average molecular weight is 471 g/mol. The molecular weight excluding hydrogens is 442 g/mol. The van der Waals surface area contributed by atoms with Crippen LogP contribution in [-0.4, -0.2) is 53.8 Å². The highest BCUT2D eigenvalue weighted by atomic mass is 19.2. The molecule has 11 heteroatoms. The minimum Gasteiger partial charge on any atom is -0.396 e. The topological polar surface area (TPSA) is 108 Å². The Bertz CT molecular complexity index is 1320. The molecule has 3 N–H and O–H groups in total. The van der Waals surface area contributed by atoms with Crippen LogP contribution in [0.25, 0.3) is 22.2 Å². The van der Waals surface area contributed by atoms with E-state index in [0.29, 0.717) is 40.7 Å². The molecule has 1 saturated heterocycles. The second-order valence-corrected chi connectivity index (χ2v) is 8.94. The van der Waals surface area contributed by atoms with Crippen LogP contribution in [0.15, 0.2) is 18.5 Å². The van der Waals surface area contributed by atoms with Crippen molar-refractivity contribution in [1.82, 2.24) is 29.5 Å². The largest absolute Gasteiger partial charge is 0.396 e. The van der Waals surface area contributed by atoms with E-state index < -0.39 is 11.6 Å². The number of hydrogen-bond acceptors (Lipinski definition) is 7. The molecular formula is C23H28F2N8O. The second-order valence-electron chi connectivity index (χ2n) is 8.94. The number of nitrogens with one attached hydrogen (secondary N) is 2. The van der Waals surface area contributed by atoms with Crippen LogP contribution in [0.3, 0.4) is 0 Å². The molecule has 1 aromatic carbocycles. The Labute approximate surface area is 195 Å². The summed E-state index contributed by atoms with van der Waals surface area (Å²) in [5.41, 5.74) is 1.73. The van der Waals surface area contributed by atoms with Crippen molar-refractivity contribution in [3.63, 3.8) is 0 Å². The molecule has 180 valence electrons. The van der Waals surface area contributed by atoms with E-state index in [1.165, 1.54) is 6.07 Å². The molecule has 1 atom stereocenters. The molecule has 0 saturated carbocycles. The van der Waals surface area contributed by atoms with E-state index in [4.69, 9.17) is 9.97 Å². The van der Waals surface area contributed by atoms with Gasteiger partial charge in [0.05, 0.1) is 18.4 Å². The average Bonchev–Trinajstić information content (AvgIpc) is 3.45. The van der Waals surface area contributed by atoms with E-state index in [1.54, 1.807) is 6.33 Å². The molecule has 5 rings (SSSR count). The number of hydrogen-bond donors (Lipinski definition) is 3. The molecule has 1 aliphatic rings. The highest BCUT2D eigenvalue weighted by Gasteiger charge is 2.26. The first-order valence-electron chi connectivity index (χ1n) is 11.6. The first-order chi connectivity index (χ1) is 16.5. The molecule has 0 bridgehead atoms. The second kappa shape index (κ2) is 9.13. The van der Waals surface area contributed by atoms with E-state index in [2.05, 4.69) is 39.0 Å². The number of aliphatic hydroxyl groups is 1. The summed E-state index contributed by atoms with van der Waals surface area (Å²) in [4.78, 5) is 23.6. The maximum Gasteiger partial charge on any atom is 0.229 e. The zero-order chi connectivity index (χ0) is 23.8. The van der Waals surface area contributed by atoms with Crippen LogP contribution in [0.2, 0.25) is 0 Å². The fourth-order valence-corrected chi connectivity index (χ4v) is 4.57. The van der Waals surface area contributed by atoms with Crippen molar-refractivity contribution in [2.24, 2.45) is 0 Å². The van der Waals surface area contributed by atoms with Crippen molar-refractivity contribution < 1.29 is 13.9 Å². The minimum absolute atomic E-state index is 0.0328. The number of aromatic nitrogens is 6. The summed E-state index contributed by atoms with van der Waals surface area (Å²) in [6, 6.07) is 2.87. The fraction of sp³-hybridized carbons (Fsp3) is 0.478. The summed E-state index contributed by atoms with van der Waals surface area (Å²) in [6.45, 7) is 5.28. The molecule has 0 aliphatic carbocycles. The molecule has 0 radical (unpaired) electrons. The van der Waals surface area contributed by atoms with Gasteiger partial charge in [0.15, 0.2) is 28.6 Å². The maximum atomic E-state index is 14.1. The lowest BCUT2D eigenvalue weighted by Crippen LogP contribution is -2.41. The zero-order valence-corrected chi connectivity index (χ0v) is 19.2. The Balaban J connectivity index is 1.51. The van der Waals surface area contributed by atoms with Gasteiger partial charge in [-0.3, -0.25) is 0 Å². The van der Waals surface area contributed by atoms with Crippen molar-refractivity contribution in [2.75, 3.05) is 23.4 Å². The number of benzene rings is 1. The van der Waals surface area contributed by atoms with Gasteiger partial charge in [0.25, 0.3) is 0 Å². The number of anilines is 2. The van der Waals surface area contributed by atoms with Gasteiger partial charge < -0.3 is 24.9 Å². The fourth-order valence-electron chi connectivity index (χ4n) is 4.57. The summed E-state index contributed by atoms with van der Waals surface area (Å²) in [6.07, 6.45) is 5.54. The Hall–Kier alpha value is -3.34. The third-order valence-corrected chi connectivity index (χ3v) is 6.33. The summed E-state index contributed by atoms with van der Waals surface area (Å²) in [5, 5.41) is 12.8. The predicted molar refractivity (Wildman–Crippen MR) is 126 cm³/mol. The van der Waals surface area contributed by atoms with E-state index >= 15 is 0 Å².